The molecule has 134 valence electrons. The van der Waals surface area contributed by atoms with E-state index in [1.807, 2.05) is 12.1 Å². The van der Waals surface area contributed by atoms with Crippen LogP contribution in [0.4, 0.5) is 5.69 Å². The third-order valence-corrected chi connectivity index (χ3v) is 5.08. The minimum absolute atomic E-state index is 0.477. The van der Waals surface area contributed by atoms with Gasteiger partial charge in [-0.2, -0.15) is 4.58 Å². The van der Waals surface area contributed by atoms with E-state index in [1.165, 1.54) is 16.8 Å². The lowest BCUT2D eigenvalue weighted by Gasteiger charge is -2.21. The monoisotopic (exact) mass is 362 g/mol. The van der Waals surface area contributed by atoms with Crippen LogP contribution in [-0.2, 0) is 0 Å². The number of ether oxygens (including phenoxy) is 1. The van der Waals surface area contributed by atoms with Gasteiger partial charge in [0.05, 0.1) is 5.56 Å². The second kappa shape index (κ2) is 7.16. The Hall–Kier alpha value is -3.65. The molecule has 4 aromatic carbocycles. The van der Waals surface area contributed by atoms with Crippen LogP contribution in [0.15, 0.2) is 109 Å². The van der Waals surface area contributed by atoms with Crippen LogP contribution < -0.4 is 4.74 Å². The van der Waals surface area contributed by atoms with Crippen LogP contribution >= 0.6 is 0 Å². The summed E-state index contributed by atoms with van der Waals surface area (Å²) >= 11 is 0. The molecule has 28 heavy (non-hydrogen) atoms. The highest BCUT2D eigenvalue weighted by molar-refractivity contribution is 6.13. The van der Waals surface area contributed by atoms with Crippen molar-refractivity contribution in [2.24, 2.45) is 0 Å². The second-order valence-electron chi connectivity index (χ2n) is 6.80. The fraction of sp³-hybridized carbons (Fsp3) is 0.0385. The first-order chi connectivity index (χ1) is 13.9. The summed E-state index contributed by atoms with van der Waals surface area (Å²) in [6.45, 7) is 0.477. The molecule has 0 atom stereocenters. The van der Waals surface area contributed by atoms with Crippen LogP contribution in [0, 0.1) is 0 Å². The highest BCUT2D eigenvalue weighted by atomic mass is 16.5. The van der Waals surface area contributed by atoms with E-state index in [0.29, 0.717) is 6.73 Å². The van der Waals surface area contributed by atoms with Crippen molar-refractivity contribution in [2.45, 2.75) is 0 Å². The van der Waals surface area contributed by atoms with E-state index in [4.69, 9.17) is 4.74 Å². The first-order valence-electron chi connectivity index (χ1n) is 9.48. The molecule has 0 aromatic heterocycles. The lowest BCUT2D eigenvalue weighted by atomic mass is 9.94. The summed E-state index contributed by atoms with van der Waals surface area (Å²) in [4.78, 5) is 0. The zero-order chi connectivity index (χ0) is 18.8. The van der Waals surface area contributed by atoms with E-state index >= 15 is 0 Å². The fourth-order valence-electron chi connectivity index (χ4n) is 3.78. The molecule has 5 rings (SSSR count). The Morgan fingerprint density at radius 2 is 1.11 bits per heavy atom. The average Bonchev–Trinajstić information content (AvgIpc) is 2.79. The predicted octanol–water partition coefficient (Wildman–Crippen LogP) is 5.89. The Labute approximate surface area is 165 Å². The highest BCUT2D eigenvalue weighted by Crippen LogP contribution is 2.37. The van der Waals surface area contributed by atoms with Gasteiger partial charge in [-0.25, -0.2) is 0 Å². The van der Waals surface area contributed by atoms with Gasteiger partial charge < -0.3 is 4.74 Å². The molecule has 0 aliphatic carbocycles. The lowest BCUT2D eigenvalue weighted by Crippen LogP contribution is -2.29. The lowest BCUT2D eigenvalue weighted by molar-refractivity contribution is -0.480. The SMILES string of the molecule is c1ccc(C2=[N+](c3ccccc3)COc3c2cccc3-c2ccccc2)cc1. The van der Waals surface area contributed by atoms with Crippen LogP contribution in [0.25, 0.3) is 11.1 Å². The molecule has 2 nitrogen and oxygen atoms in total. The van der Waals surface area contributed by atoms with Crippen LogP contribution in [0.3, 0.4) is 0 Å². The summed E-state index contributed by atoms with van der Waals surface area (Å²) in [7, 11) is 0. The summed E-state index contributed by atoms with van der Waals surface area (Å²) in [5.41, 5.74) is 6.88. The van der Waals surface area contributed by atoms with Crippen LogP contribution in [0.1, 0.15) is 11.1 Å². The van der Waals surface area contributed by atoms with Gasteiger partial charge in [-0.15, -0.1) is 0 Å². The topological polar surface area (TPSA) is 12.2 Å². The normalized spacial score (nSPS) is 13.0. The molecule has 0 unspecified atom stereocenters. The zero-order valence-corrected chi connectivity index (χ0v) is 15.5. The van der Waals surface area contributed by atoms with Crippen LogP contribution in [0.2, 0.25) is 0 Å². The molecule has 1 aliphatic rings. The number of nitrogens with zero attached hydrogens (tertiary/aromatic N) is 1. The van der Waals surface area contributed by atoms with Gasteiger partial charge >= 0.3 is 0 Å². The highest BCUT2D eigenvalue weighted by Gasteiger charge is 2.31. The van der Waals surface area contributed by atoms with Crippen molar-refractivity contribution in [2.75, 3.05) is 6.73 Å². The van der Waals surface area contributed by atoms with E-state index in [9.17, 15) is 0 Å². The van der Waals surface area contributed by atoms with Crippen molar-refractivity contribution in [1.29, 1.82) is 0 Å². The van der Waals surface area contributed by atoms with E-state index in [1.54, 1.807) is 0 Å². The number of fused-ring (bicyclic) bond motifs is 1. The van der Waals surface area contributed by atoms with Gasteiger partial charge in [0.25, 0.3) is 6.73 Å². The maximum absolute atomic E-state index is 6.33. The number of para-hydroxylation sites is 2. The predicted molar refractivity (Wildman–Crippen MR) is 113 cm³/mol. The molecule has 1 aliphatic heterocycles. The molecule has 0 saturated carbocycles. The summed E-state index contributed by atoms with van der Waals surface area (Å²) in [5, 5.41) is 0. The van der Waals surface area contributed by atoms with Gasteiger partial charge in [0.15, 0.2) is 0 Å². The van der Waals surface area contributed by atoms with E-state index in [-0.39, 0.29) is 0 Å². The standard InChI is InChI=1S/C26H20NO/c1-4-11-20(12-5-1)23-17-10-18-24-25(21-13-6-2-7-14-21)27(19-28-26(23)24)22-15-8-3-9-16-22/h1-18H,19H2/q+1. The third kappa shape index (κ3) is 2.89. The van der Waals surface area contributed by atoms with Crippen LogP contribution in [0.5, 0.6) is 5.75 Å². The molecule has 1 heterocycles. The average molecular weight is 362 g/mol. The summed E-state index contributed by atoms with van der Waals surface area (Å²) in [6, 6.07) is 37.8. The number of benzene rings is 4. The second-order valence-corrected chi connectivity index (χ2v) is 6.80. The summed E-state index contributed by atoms with van der Waals surface area (Å²) in [6.07, 6.45) is 0. The van der Waals surface area contributed by atoms with Gasteiger partial charge in [-0.1, -0.05) is 78.9 Å². The Balaban J connectivity index is 1.78. The minimum atomic E-state index is 0.477. The van der Waals surface area contributed by atoms with E-state index < -0.39 is 0 Å². The Morgan fingerprint density at radius 1 is 0.536 bits per heavy atom. The van der Waals surface area contributed by atoms with Gasteiger partial charge in [0, 0.05) is 23.3 Å². The van der Waals surface area contributed by atoms with Gasteiger partial charge in [-0.3, -0.25) is 0 Å². The largest absolute Gasteiger partial charge is 0.434 e. The van der Waals surface area contributed by atoms with Gasteiger partial charge in [-0.05, 0) is 23.8 Å². The maximum atomic E-state index is 6.33. The molecule has 0 saturated heterocycles. The van der Waals surface area contributed by atoms with Crippen molar-refractivity contribution in [3.63, 3.8) is 0 Å². The molecule has 2 heteroatoms. The molecule has 0 fully saturated rings. The Morgan fingerprint density at radius 3 is 1.79 bits per heavy atom. The van der Waals surface area contributed by atoms with E-state index in [2.05, 4.69) is 102 Å². The molecule has 4 aromatic rings. The molecular formula is C26H20NO+. The first kappa shape index (κ1) is 16.5. The van der Waals surface area contributed by atoms with Crippen molar-refractivity contribution in [3.05, 3.63) is 120 Å². The fourth-order valence-corrected chi connectivity index (χ4v) is 3.78. The van der Waals surface area contributed by atoms with Gasteiger partial charge in [0.1, 0.15) is 5.75 Å². The number of hydrogen-bond acceptors (Lipinski definition) is 1. The first-order valence-corrected chi connectivity index (χ1v) is 9.48. The Kier molecular flexibility index (Phi) is 4.23. The van der Waals surface area contributed by atoms with Crippen LogP contribution in [-0.4, -0.2) is 17.0 Å². The number of hydrogen-bond donors (Lipinski definition) is 0. The number of rotatable bonds is 3. The van der Waals surface area contributed by atoms with Crippen molar-refractivity contribution < 1.29 is 9.31 Å². The molecule has 0 bridgehead atoms. The zero-order valence-electron chi connectivity index (χ0n) is 15.5. The summed E-state index contributed by atoms with van der Waals surface area (Å²) < 4.78 is 8.58. The third-order valence-electron chi connectivity index (χ3n) is 5.08. The quantitative estimate of drug-likeness (QED) is 0.414. The van der Waals surface area contributed by atoms with Crippen molar-refractivity contribution >= 4 is 11.4 Å². The minimum Gasteiger partial charge on any atom is -0.434 e. The molecule has 0 radical (unpaired) electrons. The van der Waals surface area contributed by atoms with Gasteiger partial charge in [0.2, 0.25) is 11.4 Å². The maximum Gasteiger partial charge on any atom is 0.293 e. The molecule has 0 amide bonds. The molecule has 0 spiro atoms. The molecular weight excluding hydrogens is 342 g/mol. The van der Waals surface area contributed by atoms with Crippen molar-refractivity contribution in [1.82, 2.24) is 0 Å². The van der Waals surface area contributed by atoms with Crippen molar-refractivity contribution in [3.8, 4) is 16.9 Å². The van der Waals surface area contributed by atoms with E-state index in [0.717, 1.165) is 22.6 Å². The molecule has 0 N–H and O–H groups in total. The Bertz CT molecular complexity index is 1130. The summed E-state index contributed by atoms with van der Waals surface area (Å²) in [5.74, 6) is 0.944. The smallest absolute Gasteiger partial charge is 0.293 e.